The molecule has 0 spiro atoms. The van der Waals surface area contributed by atoms with E-state index < -0.39 is 0 Å². The lowest BCUT2D eigenvalue weighted by Gasteiger charge is -2.24. The van der Waals surface area contributed by atoms with Gasteiger partial charge in [0.05, 0.1) is 23.3 Å². The summed E-state index contributed by atoms with van der Waals surface area (Å²) in [6.45, 7) is 8.08. The van der Waals surface area contributed by atoms with Gasteiger partial charge < -0.3 is 4.57 Å². The predicted molar refractivity (Wildman–Crippen MR) is 284 cm³/mol. The Balaban J connectivity index is 1.16. The average Bonchev–Trinajstić information content (AvgIpc) is 3.76. The van der Waals surface area contributed by atoms with E-state index in [1.54, 1.807) is 0 Å². The fourth-order valence-corrected chi connectivity index (χ4v) is 10.0. The normalized spacial score (nSPS) is 15.3. The molecule has 2 heterocycles. The molecule has 10 aromatic rings. The summed E-state index contributed by atoms with van der Waals surface area (Å²) in [7, 11) is 0. The molecule has 0 amide bonds. The van der Waals surface area contributed by atoms with E-state index in [-0.39, 0.29) is 5.92 Å². The molecule has 8 aromatic carbocycles. The Morgan fingerprint density at radius 2 is 1.00 bits per heavy atom. The lowest BCUT2D eigenvalue weighted by atomic mass is 9.85. The van der Waals surface area contributed by atoms with Crippen LogP contribution in [-0.4, -0.2) is 19.5 Å². The molecule has 2 aliphatic carbocycles. The molecule has 12 rings (SSSR count). The molecule has 69 heavy (non-hydrogen) atoms. The molecular weight excluding hydrogens is 839 g/mol. The molecule has 2 aromatic heterocycles. The van der Waals surface area contributed by atoms with Crippen molar-refractivity contribution in [3.8, 4) is 62.1 Å². The Labute approximate surface area is 402 Å². The largest absolute Gasteiger partial charge is 0.308 e. The smallest absolute Gasteiger partial charge is 0.188 e. The van der Waals surface area contributed by atoms with E-state index >= 15 is 0 Å². The van der Waals surface area contributed by atoms with E-state index in [0.29, 0.717) is 29.1 Å². The molecule has 2 aliphatic rings. The standard InChI is InChI=1S/C64H45N5/c1-65-54-36-38-60-58(42-54)57-39-52(45-21-11-4-12-22-45)35-37-59(57)69(60)61-55(48-31-27-46(28-32-48)43-17-7-2-8-18-43)40-53(41-56(61)49-33-29-47(30-34-49)44-19-9-3-10-20-44)64-67-62(50-23-13-5-14-24-50)66-63(68-64)51-25-15-6-16-26-51/h2-19,21-27,29-42,44,46H,20,28H2. The van der Waals surface area contributed by atoms with Gasteiger partial charge >= 0.3 is 0 Å². The Bertz CT molecular complexity index is 3650. The summed E-state index contributed by atoms with van der Waals surface area (Å²) >= 11 is 0. The quantitative estimate of drug-likeness (QED) is 0.136. The van der Waals surface area contributed by atoms with Gasteiger partial charge in [-0.1, -0.05) is 200 Å². The molecule has 0 aliphatic heterocycles. The molecule has 2 unspecified atom stereocenters. The van der Waals surface area contributed by atoms with Gasteiger partial charge in [-0.25, -0.2) is 19.8 Å². The summed E-state index contributed by atoms with van der Waals surface area (Å²) in [5.41, 5.74) is 15.6. The number of rotatable bonds is 9. The number of hydrogen-bond acceptors (Lipinski definition) is 3. The van der Waals surface area contributed by atoms with Gasteiger partial charge in [-0.3, -0.25) is 0 Å². The highest BCUT2D eigenvalue weighted by atomic mass is 15.0. The zero-order valence-electron chi connectivity index (χ0n) is 37.8. The van der Waals surface area contributed by atoms with Crippen molar-refractivity contribution < 1.29 is 0 Å². The van der Waals surface area contributed by atoms with E-state index in [4.69, 9.17) is 21.5 Å². The van der Waals surface area contributed by atoms with Crippen molar-refractivity contribution in [1.82, 2.24) is 19.5 Å². The summed E-state index contributed by atoms with van der Waals surface area (Å²) in [6, 6.07) is 68.2. The van der Waals surface area contributed by atoms with Crippen LogP contribution in [0.4, 0.5) is 5.69 Å². The number of nitrogens with zero attached hydrogens (tertiary/aromatic N) is 5. The second kappa shape index (κ2) is 18.0. The zero-order valence-corrected chi connectivity index (χ0v) is 37.8. The van der Waals surface area contributed by atoms with Crippen molar-refractivity contribution in [2.24, 2.45) is 0 Å². The Hall–Kier alpha value is -8.98. The van der Waals surface area contributed by atoms with Crippen LogP contribution in [0.3, 0.4) is 0 Å². The topological polar surface area (TPSA) is 48.0 Å². The lowest BCUT2D eigenvalue weighted by molar-refractivity contribution is 0.854. The van der Waals surface area contributed by atoms with Crippen LogP contribution in [0.25, 0.3) is 94.3 Å². The minimum atomic E-state index is 0.249. The molecule has 0 radical (unpaired) electrons. The van der Waals surface area contributed by atoms with Gasteiger partial charge in [-0.2, -0.15) is 0 Å². The number of allylic oxidation sites excluding steroid dienone is 8. The van der Waals surface area contributed by atoms with Crippen molar-refractivity contribution >= 4 is 33.1 Å². The fraction of sp³-hybridized carbons (Fsp3) is 0.0625. The first-order chi connectivity index (χ1) is 34.1. The summed E-state index contributed by atoms with van der Waals surface area (Å²) in [5, 5.41) is 2.11. The Kier molecular flexibility index (Phi) is 10.8. The molecule has 0 fully saturated rings. The number of benzene rings is 8. The first-order valence-electron chi connectivity index (χ1n) is 23.6. The van der Waals surface area contributed by atoms with Gasteiger partial charge in [0, 0.05) is 45.0 Å². The maximum Gasteiger partial charge on any atom is 0.188 e. The molecule has 5 heteroatoms. The van der Waals surface area contributed by atoms with E-state index in [0.717, 1.165) is 90.4 Å². The molecule has 0 saturated carbocycles. The fourth-order valence-electron chi connectivity index (χ4n) is 10.0. The van der Waals surface area contributed by atoms with Crippen LogP contribution in [0.2, 0.25) is 0 Å². The summed E-state index contributed by atoms with van der Waals surface area (Å²) in [4.78, 5) is 19.6. The van der Waals surface area contributed by atoms with Gasteiger partial charge in [-0.05, 0) is 88.0 Å². The summed E-state index contributed by atoms with van der Waals surface area (Å²) in [5.74, 6) is 2.37. The first kappa shape index (κ1) is 41.5. The molecule has 5 nitrogen and oxygen atoms in total. The zero-order chi connectivity index (χ0) is 46.1. The number of aromatic nitrogens is 4. The highest BCUT2D eigenvalue weighted by Crippen LogP contribution is 2.45. The van der Waals surface area contributed by atoms with Crippen molar-refractivity contribution in [3.05, 3.63) is 265 Å². The number of fused-ring (bicyclic) bond motifs is 3. The molecular formula is C64H45N5. The summed E-state index contributed by atoms with van der Waals surface area (Å²) in [6.07, 6.45) is 17.7. The van der Waals surface area contributed by atoms with E-state index in [1.165, 1.54) is 11.1 Å². The molecule has 0 saturated heterocycles. The van der Waals surface area contributed by atoms with Gasteiger partial charge in [-0.15, -0.1) is 0 Å². The van der Waals surface area contributed by atoms with Gasteiger partial charge in [0.15, 0.2) is 23.2 Å². The maximum absolute atomic E-state index is 8.08. The monoisotopic (exact) mass is 883 g/mol. The second-order valence-electron chi connectivity index (χ2n) is 17.8. The van der Waals surface area contributed by atoms with Crippen molar-refractivity contribution in [2.75, 3.05) is 0 Å². The van der Waals surface area contributed by atoms with E-state index in [9.17, 15) is 0 Å². The van der Waals surface area contributed by atoms with Gasteiger partial charge in [0.1, 0.15) is 0 Å². The summed E-state index contributed by atoms with van der Waals surface area (Å²) < 4.78 is 2.43. The van der Waals surface area contributed by atoms with E-state index in [2.05, 4.69) is 204 Å². The van der Waals surface area contributed by atoms with Crippen molar-refractivity contribution in [2.45, 2.75) is 24.7 Å². The molecule has 326 valence electrons. The second-order valence-corrected chi connectivity index (χ2v) is 17.8. The van der Waals surface area contributed by atoms with Crippen LogP contribution >= 0.6 is 0 Å². The maximum atomic E-state index is 8.08. The molecule has 0 bridgehead atoms. The third kappa shape index (κ3) is 7.99. The van der Waals surface area contributed by atoms with Crippen molar-refractivity contribution in [3.63, 3.8) is 0 Å². The predicted octanol–water partition coefficient (Wildman–Crippen LogP) is 16.6. The third-order valence-electron chi connectivity index (χ3n) is 13.5. The van der Waals surface area contributed by atoms with Crippen LogP contribution in [0.5, 0.6) is 0 Å². The van der Waals surface area contributed by atoms with Crippen LogP contribution in [0.1, 0.15) is 41.4 Å². The Morgan fingerprint density at radius 3 is 1.61 bits per heavy atom. The highest BCUT2D eigenvalue weighted by Gasteiger charge is 2.25. The van der Waals surface area contributed by atoms with E-state index in [1.807, 2.05) is 42.5 Å². The Morgan fingerprint density at radius 1 is 0.449 bits per heavy atom. The lowest BCUT2D eigenvalue weighted by Crippen LogP contribution is -2.07. The highest BCUT2D eigenvalue weighted by molar-refractivity contribution is 6.12. The molecule has 2 atom stereocenters. The third-order valence-corrected chi connectivity index (χ3v) is 13.5. The van der Waals surface area contributed by atoms with Crippen LogP contribution in [0, 0.1) is 6.57 Å². The van der Waals surface area contributed by atoms with Crippen LogP contribution < -0.4 is 0 Å². The van der Waals surface area contributed by atoms with Crippen LogP contribution in [0.15, 0.2) is 237 Å². The number of hydrogen-bond donors (Lipinski definition) is 0. The molecule has 0 N–H and O–H groups in total. The average molecular weight is 884 g/mol. The minimum absolute atomic E-state index is 0.249. The first-order valence-corrected chi connectivity index (χ1v) is 23.6. The van der Waals surface area contributed by atoms with Gasteiger partial charge in [0.25, 0.3) is 0 Å². The van der Waals surface area contributed by atoms with Crippen molar-refractivity contribution in [1.29, 1.82) is 0 Å². The van der Waals surface area contributed by atoms with Crippen LogP contribution in [-0.2, 0) is 0 Å². The van der Waals surface area contributed by atoms with Gasteiger partial charge in [0.2, 0.25) is 0 Å². The minimum Gasteiger partial charge on any atom is -0.308 e. The SMILES string of the molecule is [C-]#[N+]c1ccc2c(c1)c1cc(-c3ccccc3)ccc1n2-c1c(C2=CCC(c3ccccc3)C=C2)cc(-c2nc(-c3ccccc3)nc(-c3ccccc3)n2)cc1-c1ccc(C2C=CC=CC2)cc1.